The summed E-state index contributed by atoms with van der Waals surface area (Å²) in [6.45, 7) is 3.50. The number of hydrogen-bond donors (Lipinski definition) is 3. The van der Waals surface area contributed by atoms with Crippen molar-refractivity contribution in [3.05, 3.63) is 21.3 Å². The van der Waals surface area contributed by atoms with Crippen molar-refractivity contribution in [2.24, 2.45) is 0 Å². The molecule has 1 aromatic heterocycles. The molecule has 0 aliphatic carbocycles. The maximum atomic E-state index is 11.6. The van der Waals surface area contributed by atoms with Gasteiger partial charge in [-0.05, 0) is 25.5 Å². The summed E-state index contributed by atoms with van der Waals surface area (Å²) in [6.07, 6.45) is 0.335. The Morgan fingerprint density at radius 3 is 2.56 bits per heavy atom. The van der Waals surface area contributed by atoms with Crippen LogP contribution in [0.25, 0.3) is 0 Å². The molecule has 1 heterocycles. The molecule has 1 aromatic rings. The second-order valence-corrected chi connectivity index (χ2v) is 5.53. The molecule has 0 aliphatic rings. The maximum Gasteiger partial charge on any atom is 0.326 e. The highest BCUT2D eigenvalue weighted by atomic mass is 35.5. The van der Waals surface area contributed by atoms with Crippen molar-refractivity contribution in [1.82, 2.24) is 10.6 Å². The highest BCUT2D eigenvalue weighted by Crippen LogP contribution is 2.26. The van der Waals surface area contributed by atoms with Crippen LogP contribution in [0.3, 0.4) is 0 Å². The number of urea groups is 1. The van der Waals surface area contributed by atoms with Gasteiger partial charge < -0.3 is 15.7 Å². The molecule has 0 fully saturated rings. The second-order valence-electron chi connectivity index (χ2n) is 3.78. The normalized spacial score (nSPS) is 13.7. The number of rotatable bonds is 5. The van der Waals surface area contributed by atoms with E-state index in [2.05, 4.69) is 10.6 Å². The molecular formula is C11H15ClN2O3S. The lowest BCUT2D eigenvalue weighted by molar-refractivity contribution is -0.139. The second kappa shape index (κ2) is 6.61. The number of nitrogens with one attached hydrogen (secondary N) is 2. The van der Waals surface area contributed by atoms with Gasteiger partial charge in [0.2, 0.25) is 0 Å². The first-order valence-electron chi connectivity index (χ1n) is 5.49. The van der Waals surface area contributed by atoms with E-state index >= 15 is 0 Å². The van der Waals surface area contributed by atoms with Crippen LogP contribution in [-0.2, 0) is 4.79 Å². The zero-order valence-corrected chi connectivity index (χ0v) is 11.6. The molecule has 7 heteroatoms. The Kier molecular flexibility index (Phi) is 5.43. The van der Waals surface area contributed by atoms with E-state index in [4.69, 9.17) is 16.7 Å². The zero-order chi connectivity index (χ0) is 13.7. The highest BCUT2D eigenvalue weighted by molar-refractivity contribution is 7.16. The van der Waals surface area contributed by atoms with Crippen LogP contribution in [-0.4, -0.2) is 23.1 Å². The van der Waals surface area contributed by atoms with E-state index in [-0.39, 0.29) is 6.04 Å². The molecule has 3 N–H and O–H groups in total. The van der Waals surface area contributed by atoms with Gasteiger partial charge in [0.15, 0.2) is 0 Å². The van der Waals surface area contributed by atoms with Crippen molar-refractivity contribution in [2.45, 2.75) is 32.4 Å². The predicted molar refractivity (Wildman–Crippen MR) is 71.1 cm³/mol. The molecule has 0 aromatic carbocycles. The Morgan fingerprint density at radius 2 is 2.11 bits per heavy atom. The molecule has 0 aliphatic heterocycles. The summed E-state index contributed by atoms with van der Waals surface area (Å²) in [6, 6.07) is 2.00. The molecule has 0 spiro atoms. The number of halogens is 1. The molecule has 2 amide bonds. The first kappa shape index (κ1) is 14.8. The molecular weight excluding hydrogens is 276 g/mol. The molecule has 0 saturated heterocycles. The Balaban J connectivity index is 2.52. The average molecular weight is 291 g/mol. The minimum atomic E-state index is -1.04. The summed E-state index contributed by atoms with van der Waals surface area (Å²) >= 11 is 7.18. The van der Waals surface area contributed by atoms with Crippen LogP contribution in [0.15, 0.2) is 12.1 Å². The Labute approximate surface area is 114 Å². The van der Waals surface area contributed by atoms with Gasteiger partial charge in [0, 0.05) is 4.88 Å². The minimum absolute atomic E-state index is 0.214. The van der Waals surface area contributed by atoms with E-state index in [1.807, 2.05) is 13.0 Å². The molecule has 2 atom stereocenters. The number of aliphatic carboxylic acids is 1. The Bertz CT molecular complexity index is 436. The third-order valence-corrected chi connectivity index (χ3v) is 3.79. The van der Waals surface area contributed by atoms with Crippen LogP contribution in [0.5, 0.6) is 0 Å². The topological polar surface area (TPSA) is 78.4 Å². The van der Waals surface area contributed by atoms with Gasteiger partial charge in [-0.2, -0.15) is 0 Å². The third kappa shape index (κ3) is 4.19. The van der Waals surface area contributed by atoms with Crippen molar-refractivity contribution in [3.63, 3.8) is 0 Å². The monoisotopic (exact) mass is 290 g/mol. The predicted octanol–water partition coefficient (Wildman–Crippen LogP) is 2.62. The van der Waals surface area contributed by atoms with E-state index in [9.17, 15) is 9.59 Å². The number of hydrogen-bond acceptors (Lipinski definition) is 3. The third-order valence-electron chi connectivity index (χ3n) is 2.38. The number of carboxylic acids is 1. The SMILES string of the molecule is CCC(NC(=O)NC(C)c1ccc(Cl)s1)C(=O)O. The van der Waals surface area contributed by atoms with Gasteiger partial charge in [-0.15, -0.1) is 11.3 Å². The Morgan fingerprint density at radius 1 is 1.44 bits per heavy atom. The summed E-state index contributed by atoms with van der Waals surface area (Å²) in [5, 5.41) is 13.9. The van der Waals surface area contributed by atoms with Crippen molar-refractivity contribution in [3.8, 4) is 0 Å². The number of carboxylic acid groups (broad SMARTS) is 1. The quantitative estimate of drug-likeness (QED) is 0.780. The molecule has 2 unspecified atom stereocenters. The number of amides is 2. The molecule has 0 bridgehead atoms. The first-order chi connectivity index (χ1) is 8.43. The molecule has 1 rings (SSSR count). The van der Waals surface area contributed by atoms with Crippen LogP contribution < -0.4 is 10.6 Å². The van der Waals surface area contributed by atoms with Gasteiger partial charge in [0.05, 0.1) is 10.4 Å². The van der Waals surface area contributed by atoms with E-state index in [1.165, 1.54) is 11.3 Å². The lowest BCUT2D eigenvalue weighted by Gasteiger charge is -2.16. The highest BCUT2D eigenvalue weighted by Gasteiger charge is 2.19. The van der Waals surface area contributed by atoms with E-state index in [1.54, 1.807) is 13.0 Å². The van der Waals surface area contributed by atoms with E-state index < -0.39 is 18.0 Å². The molecule has 5 nitrogen and oxygen atoms in total. The summed E-state index contributed by atoms with van der Waals surface area (Å²) in [7, 11) is 0. The number of carbonyl (C=O) groups excluding carboxylic acids is 1. The van der Waals surface area contributed by atoms with Gasteiger partial charge in [0.25, 0.3) is 0 Å². The van der Waals surface area contributed by atoms with Crippen LogP contribution in [0, 0.1) is 0 Å². The fourth-order valence-electron chi connectivity index (χ4n) is 1.37. The smallest absolute Gasteiger partial charge is 0.326 e. The van der Waals surface area contributed by atoms with Gasteiger partial charge >= 0.3 is 12.0 Å². The number of carbonyl (C=O) groups is 2. The fraction of sp³-hybridized carbons (Fsp3) is 0.455. The van der Waals surface area contributed by atoms with Gasteiger partial charge in [-0.1, -0.05) is 18.5 Å². The standard InChI is InChI=1S/C11H15ClN2O3S/c1-3-7(10(15)16)14-11(17)13-6(2)8-4-5-9(12)18-8/h4-7H,3H2,1-2H3,(H,15,16)(H2,13,14,17). The van der Waals surface area contributed by atoms with Crippen LogP contribution in [0.1, 0.15) is 31.2 Å². The van der Waals surface area contributed by atoms with Crippen molar-refractivity contribution < 1.29 is 14.7 Å². The van der Waals surface area contributed by atoms with Crippen LogP contribution in [0.2, 0.25) is 4.34 Å². The zero-order valence-electron chi connectivity index (χ0n) is 10.1. The fourth-order valence-corrected chi connectivity index (χ4v) is 2.43. The molecule has 18 heavy (non-hydrogen) atoms. The van der Waals surface area contributed by atoms with E-state index in [0.29, 0.717) is 10.8 Å². The molecule has 100 valence electrons. The molecule has 0 saturated carbocycles. The lowest BCUT2D eigenvalue weighted by atomic mass is 10.2. The largest absolute Gasteiger partial charge is 0.480 e. The van der Waals surface area contributed by atoms with Crippen molar-refractivity contribution in [1.29, 1.82) is 0 Å². The van der Waals surface area contributed by atoms with Gasteiger partial charge in [-0.3, -0.25) is 0 Å². The molecule has 0 radical (unpaired) electrons. The van der Waals surface area contributed by atoms with Crippen molar-refractivity contribution >= 4 is 34.9 Å². The summed E-state index contributed by atoms with van der Waals surface area (Å²) in [4.78, 5) is 23.3. The Hall–Kier alpha value is -1.27. The summed E-state index contributed by atoms with van der Waals surface area (Å²) in [5.41, 5.74) is 0. The van der Waals surface area contributed by atoms with Gasteiger partial charge in [0.1, 0.15) is 6.04 Å². The summed E-state index contributed by atoms with van der Waals surface area (Å²) in [5.74, 6) is -1.04. The van der Waals surface area contributed by atoms with Crippen molar-refractivity contribution in [2.75, 3.05) is 0 Å². The number of thiophene rings is 1. The maximum absolute atomic E-state index is 11.6. The first-order valence-corrected chi connectivity index (χ1v) is 6.68. The van der Waals surface area contributed by atoms with Gasteiger partial charge in [-0.25, -0.2) is 9.59 Å². The minimum Gasteiger partial charge on any atom is -0.480 e. The summed E-state index contributed by atoms with van der Waals surface area (Å²) < 4.78 is 0.649. The average Bonchev–Trinajstić information content (AvgIpc) is 2.72. The van der Waals surface area contributed by atoms with Crippen LogP contribution >= 0.6 is 22.9 Å². The van der Waals surface area contributed by atoms with E-state index in [0.717, 1.165) is 4.88 Å². The lowest BCUT2D eigenvalue weighted by Crippen LogP contribution is -2.46. The van der Waals surface area contributed by atoms with Crippen LogP contribution in [0.4, 0.5) is 4.79 Å².